The number of carbonyl (C=O) groups excluding carboxylic acids is 1. The molecule has 2 aromatic heterocycles. The lowest BCUT2D eigenvalue weighted by molar-refractivity contribution is -0.123. The van der Waals surface area contributed by atoms with E-state index in [1.807, 2.05) is 72.8 Å². The van der Waals surface area contributed by atoms with Gasteiger partial charge in [-0.3, -0.25) is 4.79 Å². The number of nitrogens with one attached hydrogen (secondary N) is 1. The van der Waals surface area contributed by atoms with Gasteiger partial charge < -0.3 is 9.47 Å². The molecular weight excluding hydrogens is 628 g/mol. The molecule has 0 aliphatic carbocycles. The van der Waals surface area contributed by atoms with Gasteiger partial charge in [-0.2, -0.15) is 5.10 Å². The topological polar surface area (TPSA) is 85.7 Å². The van der Waals surface area contributed by atoms with Crippen LogP contribution in [0.5, 0.6) is 11.5 Å². The Morgan fingerprint density at radius 3 is 2.47 bits per heavy atom. The minimum atomic E-state index is -0.412. The van der Waals surface area contributed by atoms with Crippen molar-refractivity contribution >= 4 is 61.5 Å². The van der Waals surface area contributed by atoms with Crippen molar-refractivity contribution in [1.29, 1.82) is 0 Å². The fourth-order valence-electron chi connectivity index (χ4n) is 4.64. The van der Waals surface area contributed by atoms with Crippen molar-refractivity contribution in [3.8, 4) is 33.9 Å². The minimum Gasteiger partial charge on any atom is -0.497 e. The molecule has 0 unspecified atom stereocenters. The number of pyridine rings is 2. The molecule has 1 amide bonds. The molecule has 0 saturated carbocycles. The Morgan fingerprint density at radius 1 is 0.884 bits per heavy atom. The number of hydrazone groups is 1. The summed E-state index contributed by atoms with van der Waals surface area (Å²) in [5.41, 5.74) is 8.62. The van der Waals surface area contributed by atoms with Crippen molar-refractivity contribution in [2.75, 3.05) is 13.7 Å². The number of nitrogens with zero attached hydrogens (tertiary/aromatic N) is 3. The molecule has 0 radical (unpaired) electrons. The molecular formula is C34H24BrClN4O3. The number of carbonyl (C=O) groups is 1. The minimum absolute atomic E-state index is 0.207. The first-order valence-electron chi connectivity index (χ1n) is 13.3. The summed E-state index contributed by atoms with van der Waals surface area (Å²) in [5, 5.41) is 6.21. The van der Waals surface area contributed by atoms with E-state index in [1.54, 1.807) is 13.2 Å². The van der Waals surface area contributed by atoms with Crippen molar-refractivity contribution in [3.63, 3.8) is 0 Å². The van der Waals surface area contributed by atoms with E-state index in [4.69, 9.17) is 26.1 Å². The highest BCUT2D eigenvalue weighted by atomic mass is 79.9. The third-order valence-corrected chi connectivity index (χ3v) is 7.57. The van der Waals surface area contributed by atoms with Crippen molar-refractivity contribution in [2.45, 2.75) is 0 Å². The lowest BCUT2D eigenvalue weighted by Crippen LogP contribution is -2.24. The fraction of sp³-hybridized carbons (Fsp3) is 0.0588. The number of fused-ring (bicyclic) bond motifs is 2. The van der Waals surface area contributed by atoms with Crippen LogP contribution >= 0.6 is 27.5 Å². The number of hydrogen-bond acceptors (Lipinski definition) is 6. The summed E-state index contributed by atoms with van der Waals surface area (Å²) in [4.78, 5) is 21.6. The lowest BCUT2D eigenvalue weighted by atomic mass is 9.98. The zero-order valence-electron chi connectivity index (χ0n) is 22.9. The van der Waals surface area contributed by atoms with Crippen LogP contribution in [0.1, 0.15) is 5.56 Å². The monoisotopic (exact) mass is 650 g/mol. The van der Waals surface area contributed by atoms with Crippen molar-refractivity contribution < 1.29 is 14.3 Å². The Hall–Kier alpha value is -4.79. The standard InChI is InChI=1S/C34H24BrClN4O3/c1-42-27-13-9-23-15-24(34(36)39-31(23)17-27)19-37-40-33(41)20-43-26-11-7-22(8-12-26)32-18-28(21-5-3-2-4-6-21)29-16-25(35)10-14-30(29)38-32/h2-19H,20H2,1H3,(H,40,41)/b37-19-. The van der Waals surface area contributed by atoms with Crippen LogP contribution in [0.15, 0.2) is 113 Å². The van der Waals surface area contributed by atoms with Gasteiger partial charge in [0.25, 0.3) is 5.91 Å². The highest BCUT2D eigenvalue weighted by Gasteiger charge is 2.11. The Bertz CT molecular complexity index is 1980. The first-order chi connectivity index (χ1) is 21.0. The summed E-state index contributed by atoms with van der Waals surface area (Å²) in [5.74, 6) is 0.827. The van der Waals surface area contributed by atoms with Gasteiger partial charge in [0.15, 0.2) is 6.61 Å². The largest absolute Gasteiger partial charge is 0.497 e. The van der Waals surface area contributed by atoms with E-state index in [-0.39, 0.29) is 11.8 Å². The van der Waals surface area contributed by atoms with Crippen molar-refractivity contribution in [3.05, 3.63) is 118 Å². The van der Waals surface area contributed by atoms with Gasteiger partial charge in [-0.05, 0) is 77.9 Å². The van der Waals surface area contributed by atoms with Crippen molar-refractivity contribution in [1.82, 2.24) is 15.4 Å². The Kier molecular flexibility index (Phi) is 8.31. The summed E-state index contributed by atoms with van der Waals surface area (Å²) in [6.45, 7) is -0.207. The predicted octanol–water partition coefficient (Wildman–Crippen LogP) is 8.07. The highest BCUT2D eigenvalue weighted by molar-refractivity contribution is 9.10. The zero-order valence-corrected chi connectivity index (χ0v) is 25.3. The van der Waals surface area contributed by atoms with Gasteiger partial charge in [0.05, 0.1) is 30.1 Å². The summed E-state index contributed by atoms with van der Waals surface area (Å²) in [7, 11) is 1.59. The predicted molar refractivity (Wildman–Crippen MR) is 175 cm³/mol. The molecule has 0 saturated heterocycles. The summed E-state index contributed by atoms with van der Waals surface area (Å²) < 4.78 is 11.9. The maximum Gasteiger partial charge on any atom is 0.277 e. The van der Waals surface area contributed by atoms with Gasteiger partial charge >= 0.3 is 0 Å². The second kappa shape index (κ2) is 12.6. The first-order valence-corrected chi connectivity index (χ1v) is 14.5. The van der Waals surface area contributed by atoms with Crippen LogP contribution in [0.3, 0.4) is 0 Å². The SMILES string of the molecule is COc1ccc2cc(/C=N\NC(=O)COc3ccc(-c4cc(-c5ccccc5)c5cc(Br)ccc5n4)cc3)c(Cl)nc2c1. The van der Waals surface area contributed by atoms with E-state index in [1.165, 1.54) is 6.21 Å². The fourth-order valence-corrected chi connectivity index (χ4v) is 5.19. The molecule has 0 fully saturated rings. The maximum atomic E-state index is 12.4. The van der Waals surface area contributed by atoms with Crippen molar-refractivity contribution in [2.24, 2.45) is 5.10 Å². The summed E-state index contributed by atoms with van der Waals surface area (Å²) in [6.07, 6.45) is 1.45. The van der Waals surface area contributed by atoms with Gasteiger partial charge in [0, 0.05) is 32.4 Å². The van der Waals surface area contributed by atoms with Gasteiger partial charge in [-0.1, -0.05) is 57.9 Å². The van der Waals surface area contributed by atoms with E-state index >= 15 is 0 Å². The van der Waals surface area contributed by atoms with Crippen LogP contribution < -0.4 is 14.9 Å². The molecule has 0 aliphatic heterocycles. The zero-order chi connectivity index (χ0) is 29.8. The van der Waals surface area contributed by atoms with E-state index < -0.39 is 5.91 Å². The van der Waals surface area contributed by atoms with E-state index in [0.29, 0.717) is 22.6 Å². The Balaban J connectivity index is 1.12. The molecule has 212 valence electrons. The van der Waals surface area contributed by atoms with Crippen LogP contribution in [0.4, 0.5) is 0 Å². The average Bonchev–Trinajstić information content (AvgIpc) is 3.04. The Morgan fingerprint density at radius 2 is 1.67 bits per heavy atom. The lowest BCUT2D eigenvalue weighted by Gasteiger charge is -2.11. The second-order valence-electron chi connectivity index (χ2n) is 9.62. The normalized spacial score (nSPS) is 11.2. The summed E-state index contributed by atoms with van der Waals surface area (Å²) in [6, 6.07) is 33.3. The quantitative estimate of drug-likeness (QED) is 0.102. The smallest absolute Gasteiger partial charge is 0.277 e. The molecule has 0 atom stereocenters. The Labute approximate surface area is 261 Å². The molecule has 4 aromatic carbocycles. The van der Waals surface area contributed by atoms with Gasteiger partial charge in [0.2, 0.25) is 0 Å². The highest BCUT2D eigenvalue weighted by Crippen LogP contribution is 2.34. The molecule has 6 aromatic rings. The van der Waals surface area contributed by atoms with Crippen LogP contribution in [-0.2, 0) is 4.79 Å². The van der Waals surface area contributed by atoms with Crippen LogP contribution in [0.25, 0.3) is 44.2 Å². The maximum absolute atomic E-state index is 12.4. The van der Waals surface area contributed by atoms with Crippen LogP contribution in [0.2, 0.25) is 5.15 Å². The van der Waals surface area contributed by atoms with E-state index in [2.05, 4.69) is 55.7 Å². The number of aromatic nitrogens is 2. The number of ether oxygens (including phenoxy) is 2. The van der Waals surface area contributed by atoms with E-state index in [9.17, 15) is 4.79 Å². The molecule has 0 spiro atoms. The van der Waals surface area contributed by atoms with Gasteiger partial charge in [-0.15, -0.1) is 0 Å². The van der Waals surface area contributed by atoms with Crippen LogP contribution in [0, 0.1) is 0 Å². The second-order valence-corrected chi connectivity index (χ2v) is 10.9. The van der Waals surface area contributed by atoms with Gasteiger partial charge in [-0.25, -0.2) is 15.4 Å². The number of amides is 1. The van der Waals surface area contributed by atoms with Crippen LogP contribution in [-0.4, -0.2) is 35.8 Å². The molecule has 1 N–H and O–H groups in total. The average molecular weight is 652 g/mol. The first kappa shape index (κ1) is 28.3. The molecule has 0 bridgehead atoms. The number of rotatable bonds is 8. The summed E-state index contributed by atoms with van der Waals surface area (Å²) >= 11 is 9.89. The number of benzene rings is 4. The molecule has 43 heavy (non-hydrogen) atoms. The number of hydrogen-bond donors (Lipinski definition) is 1. The number of halogens is 2. The number of methoxy groups -OCH3 is 1. The molecule has 7 nitrogen and oxygen atoms in total. The third-order valence-electron chi connectivity index (χ3n) is 6.77. The molecule has 2 heterocycles. The molecule has 6 rings (SSSR count). The molecule has 0 aliphatic rings. The molecule has 9 heteroatoms. The van der Waals surface area contributed by atoms with E-state index in [0.717, 1.165) is 43.1 Å². The third kappa shape index (κ3) is 6.51. The van der Waals surface area contributed by atoms with Gasteiger partial charge in [0.1, 0.15) is 16.7 Å².